The van der Waals surface area contributed by atoms with Crippen molar-refractivity contribution in [2.75, 3.05) is 11.9 Å². The van der Waals surface area contributed by atoms with E-state index in [9.17, 15) is 14.7 Å². The molecule has 2 N–H and O–H groups in total. The van der Waals surface area contributed by atoms with Gasteiger partial charge < -0.3 is 15.2 Å². The first-order valence-electron chi connectivity index (χ1n) is 9.08. The topological polar surface area (TPSA) is 78.9 Å². The number of likely N-dealkylation sites (tertiary alicyclic amines) is 1. The molecule has 0 radical (unpaired) electrons. The zero-order valence-corrected chi connectivity index (χ0v) is 17.4. The van der Waals surface area contributed by atoms with E-state index < -0.39 is 18.2 Å². The van der Waals surface area contributed by atoms with E-state index in [1.54, 1.807) is 0 Å². The largest absolute Gasteiger partial charge is 0.445 e. The third-order valence-electron chi connectivity index (χ3n) is 4.86. The molecule has 7 heteroatoms. The van der Waals surface area contributed by atoms with Crippen LogP contribution in [0.3, 0.4) is 0 Å². The Morgan fingerprint density at radius 3 is 2.61 bits per heavy atom. The van der Waals surface area contributed by atoms with Gasteiger partial charge in [-0.05, 0) is 58.6 Å². The molecule has 1 aliphatic rings. The number of aliphatic hydroxyl groups is 1. The quantitative estimate of drug-likeness (QED) is 0.748. The van der Waals surface area contributed by atoms with E-state index >= 15 is 0 Å². The van der Waals surface area contributed by atoms with Crippen molar-refractivity contribution in [3.63, 3.8) is 0 Å². The first-order valence-corrected chi connectivity index (χ1v) is 9.87. The maximum absolute atomic E-state index is 12.8. The minimum atomic E-state index is -0.785. The van der Waals surface area contributed by atoms with Crippen LogP contribution in [0.2, 0.25) is 0 Å². The molecular formula is C21H23BrN2O4. The van der Waals surface area contributed by atoms with E-state index in [4.69, 9.17) is 4.74 Å². The third kappa shape index (κ3) is 4.72. The summed E-state index contributed by atoms with van der Waals surface area (Å²) in [6, 6.07) is 12.3. The second-order valence-electron chi connectivity index (χ2n) is 7.00. The van der Waals surface area contributed by atoms with Crippen LogP contribution >= 0.6 is 15.9 Å². The highest BCUT2D eigenvalue weighted by atomic mass is 79.9. The number of nitrogens with zero attached hydrogens (tertiary/aromatic N) is 1. The number of carbonyl (C=O) groups is 2. The lowest BCUT2D eigenvalue weighted by Crippen LogP contribution is -2.43. The van der Waals surface area contributed by atoms with Gasteiger partial charge in [0.25, 0.3) is 0 Å². The van der Waals surface area contributed by atoms with Crippen molar-refractivity contribution in [3.05, 3.63) is 63.6 Å². The Balaban J connectivity index is 1.68. The number of hydrogen-bond donors (Lipinski definition) is 2. The van der Waals surface area contributed by atoms with Gasteiger partial charge >= 0.3 is 6.09 Å². The summed E-state index contributed by atoms with van der Waals surface area (Å²) in [7, 11) is 0. The zero-order valence-electron chi connectivity index (χ0n) is 15.8. The number of aliphatic hydroxyl groups excluding tert-OH is 1. The van der Waals surface area contributed by atoms with Crippen LogP contribution in [-0.4, -0.2) is 40.7 Å². The molecule has 2 aromatic rings. The molecule has 28 heavy (non-hydrogen) atoms. The second kappa shape index (κ2) is 8.75. The van der Waals surface area contributed by atoms with E-state index in [2.05, 4.69) is 21.2 Å². The zero-order chi connectivity index (χ0) is 20.3. The number of rotatable bonds is 4. The number of β-amino-alcohol motifs (C(OH)–C–C–N with tert-alkyl or cyclic N) is 1. The van der Waals surface area contributed by atoms with Crippen LogP contribution in [-0.2, 0) is 16.1 Å². The molecule has 1 fully saturated rings. The molecule has 6 nitrogen and oxygen atoms in total. The predicted molar refractivity (Wildman–Crippen MR) is 110 cm³/mol. The highest BCUT2D eigenvalue weighted by Crippen LogP contribution is 2.28. The molecule has 3 rings (SSSR count). The van der Waals surface area contributed by atoms with Crippen LogP contribution in [0, 0.1) is 13.8 Å². The Morgan fingerprint density at radius 2 is 1.89 bits per heavy atom. The summed E-state index contributed by atoms with van der Waals surface area (Å²) >= 11 is 3.46. The first-order chi connectivity index (χ1) is 13.3. The van der Waals surface area contributed by atoms with Gasteiger partial charge in [0, 0.05) is 10.9 Å². The average Bonchev–Trinajstić information content (AvgIpc) is 3.07. The van der Waals surface area contributed by atoms with E-state index in [-0.39, 0.29) is 25.5 Å². The van der Waals surface area contributed by atoms with E-state index in [0.717, 1.165) is 21.2 Å². The van der Waals surface area contributed by atoms with E-state index in [1.165, 1.54) is 4.90 Å². The smallest absolute Gasteiger partial charge is 0.410 e. The molecule has 148 valence electrons. The average molecular weight is 447 g/mol. The van der Waals surface area contributed by atoms with Gasteiger partial charge in [0.1, 0.15) is 12.6 Å². The van der Waals surface area contributed by atoms with Crippen molar-refractivity contribution in [1.82, 2.24) is 4.90 Å². The van der Waals surface area contributed by atoms with Crippen molar-refractivity contribution < 1.29 is 19.4 Å². The van der Waals surface area contributed by atoms with Crippen molar-refractivity contribution in [1.29, 1.82) is 0 Å². The van der Waals surface area contributed by atoms with Crippen molar-refractivity contribution in [3.8, 4) is 0 Å². The Hall–Kier alpha value is -2.38. The van der Waals surface area contributed by atoms with Crippen LogP contribution in [0.1, 0.15) is 23.1 Å². The molecular weight excluding hydrogens is 424 g/mol. The Kier molecular flexibility index (Phi) is 6.36. The number of hydrogen-bond acceptors (Lipinski definition) is 4. The minimum Gasteiger partial charge on any atom is -0.445 e. The maximum Gasteiger partial charge on any atom is 0.410 e. The summed E-state index contributed by atoms with van der Waals surface area (Å²) in [5.41, 5.74) is 3.64. The van der Waals surface area contributed by atoms with Crippen LogP contribution in [0.15, 0.2) is 46.9 Å². The van der Waals surface area contributed by atoms with Gasteiger partial charge in [-0.25, -0.2) is 4.79 Å². The van der Waals surface area contributed by atoms with E-state index in [1.807, 2.05) is 56.3 Å². The number of nitrogens with one attached hydrogen (secondary N) is 1. The summed E-state index contributed by atoms with van der Waals surface area (Å²) in [6.45, 7) is 4.14. The van der Waals surface area contributed by atoms with Crippen molar-refractivity contribution >= 4 is 33.6 Å². The molecule has 2 amide bonds. The van der Waals surface area contributed by atoms with Crippen LogP contribution in [0.25, 0.3) is 0 Å². The summed E-state index contributed by atoms with van der Waals surface area (Å²) < 4.78 is 6.10. The third-order valence-corrected chi connectivity index (χ3v) is 5.52. The fourth-order valence-corrected chi connectivity index (χ4v) is 3.72. The summed E-state index contributed by atoms with van der Waals surface area (Å²) in [6.07, 6.45) is -1.20. The van der Waals surface area contributed by atoms with Gasteiger partial charge in [0.05, 0.1) is 18.3 Å². The number of halogens is 1. The number of benzene rings is 2. The predicted octanol–water partition coefficient (Wildman–Crippen LogP) is 3.78. The molecule has 0 unspecified atom stereocenters. The Bertz CT molecular complexity index is 872. The van der Waals surface area contributed by atoms with Crippen LogP contribution in [0.4, 0.5) is 10.5 Å². The first kappa shape index (κ1) is 20.4. The molecule has 0 spiro atoms. The van der Waals surface area contributed by atoms with Crippen molar-refractivity contribution in [2.45, 2.75) is 39.0 Å². The number of amides is 2. The minimum absolute atomic E-state index is 0.0693. The molecule has 2 aromatic carbocycles. The SMILES string of the molecule is Cc1cc(Br)c(NC(=O)[C@@H]2C[C@@H](O)CN2C(=O)OCc2ccccc2)cc1C. The fraction of sp³-hybridized carbons (Fsp3) is 0.333. The van der Waals surface area contributed by atoms with Gasteiger partial charge in [-0.1, -0.05) is 30.3 Å². The van der Waals surface area contributed by atoms with Gasteiger partial charge in [-0.3, -0.25) is 9.69 Å². The molecule has 1 saturated heterocycles. The van der Waals surface area contributed by atoms with Gasteiger partial charge in [0.2, 0.25) is 5.91 Å². The van der Waals surface area contributed by atoms with Gasteiger partial charge in [-0.2, -0.15) is 0 Å². The molecule has 1 aliphatic heterocycles. The number of anilines is 1. The monoisotopic (exact) mass is 446 g/mol. The molecule has 0 bridgehead atoms. The number of carbonyl (C=O) groups excluding carboxylic acids is 2. The highest BCUT2D eigenvalue weighted by Gasteiger charge is 2.40. The van der Waals surface area contributed by atoms with E-state index in [0.29, 0.717) is 5.69 Å². The van der Waals surface area contributed by atoms with Crippen LogP contribution < -0.4 is 5.32 Å². The lowest BCUT2D eigenvalue weighted by molar-refractivity contribution is -0.120. The molecule has 1 heterocycles. The lowest BCUT2D eigenvalue weighted by atomic mass is 10.1. The summed E-state index contributed by atoms with van der Waals surface area (Å²) in [5, 5.41) is 12.9. The Labute approximate surface area is 172 Å². The standard InChI is InChI=1S/C21H23BrN2O4/c1-13-8-17(22)18(9-14(13)2)23-20(26)19-10-16(25)11-24(19)21(27)28-12-15-6-4-3-5-7-15/h3-9,16,19,25H,10-12H2,1-2H3,(H,23,26)/t16-,19+/m1/s1. The van der Waals surface area contributed by atoms with Crippen molar-refractivity contribution in [2.24, 2.45) is 0 Å². The van der Waals surface area contributed by atoms with Crippen LogP contribution in [0.5, 0.6) is 0 Å². The van der Waals surface area contributed by atoms with Gasteiger partial charge in [-0.15, -0.1) is 0 Å². The molecule has 2 atom stereocenters. The van der Waals surface area contributed by atoms with Gasteiger partial charge in [0.15, 0.2) is 0 Å². The molecule has 0 aliphatic carbocycles. The molecule has 0 aromatic heterocycles. The summed E-state index contributed by atoms with van der Waals surface area (Å²) in [4.78, 5) is 26.6. The second-order valence-corrected chi connectivity index (χ2v) is 7.86. The molecule has 0 saturated carbocycles. The Morgan fingerprint density at radius 1 is 1.21 bits per heavy atom. The number of ether oxygens (including phenoxy) is 1. The lowest BCUT2D eigenvalue weighted by Gasteiger charge is -2.23. The highest BCUT2D eigenvalue weighted by molar-refractivity contribution is 9.10. The summed E-state index contributed by atoms with van der Waals surface area (Å²) in [5.74, 6) is -0.350. The fourth-order valence-electron chi connectivity index (χ4n) is 3.16. The number of aryl methyl sites for hydroxylation is 2. The maximum atomic E-state index is 12.8. The normalized spacial score (nSPS) is 18.8.